The molecule has 14 heavy (non-hydrogen) atoms. The fraction of sp³-hybridized carbons (Fsp3) is 1.00. The van der Waals surface area contributed by atoms with Crippen LogP contribution in [0.25, 0.3) is 0 Å². The van der Waals surface area contributed by atoms with Gasteiger partial charge in [0.05, 0.1) is 5.75 Å². The summed E-state index contributed by atoms with van der Waals surface area (Å²) in [5.74, 6) is -6.13. The van der Waals surface area contributed by atoms with Gasteiger partial charge in [-0.25, -0.2) is 13.6 Å². The van der Waals surface area contributed by atoms with Gasteiger partial charge in [0.2, 0.25) is 10.0 Å². The molecule has 0 heterocycles. The van der Waals surface area contributed by atoms with Crippen molar-refractivity contribution in [1.29, 1.82) is 0 Å². The first-order chi connectivity index (χ1) is 5.84. The van der Waals surface area contributed by atoms with Crippen molar-refractivity contribution in [2.75, 3.05) is 5.75 Å². The third-order valence-electron chi connectivity index (χ3n) is 1.19. The summed E-state index contributed by atoms with van der Waals surface area (Å²) in [6, 6.07) is 0. The molecule has 10 heteroatoms. The van der Waals surface area contributed by atoms with Gasteiger partial charge < -0.3 is 0 Å². The van der Waals surface area contributed by atoms with Crippen LogP contribution in [-0.4, -0.2) is 26.5 Å². The smallest absolute Gasteiger partial charge is 0.229 e. The minimum Gasteiger partial charge on any atom is -0.229 e. The van der Waals surface area contributed by atoms with Crippen LogP contribution in [-0.2, 0) is 10.0 Å². The molecule has 0 atom stereocenters. The van der Waals surface area contributed by atoms with Gasteiger partial charge in [0, 0.05) is 0 Å². The summed E-state index contributed by atoms with van der Waals surface area (Å²) in [7, 11) is -4.83. The third-order valence-corrected chi connectivity index (χ3v) is 1.99. The van der Waals surface area contributed by atoms with Gasteiger partial charge in [-0.1, -0.05) is 0 Å². The summed E-state index contributed by atoms with van der Waals surface area (Å²) < 4.78 is 90.5. The van der Waals surface area contributed by atoms with Crippen molar-refractivity contribution < 1.29 is 34.8 Å². The van der Waals surface area contributed by atoms with Crippen LogP contribution in [0, 0.1) is 5.92 Å². The molecule has 0 aliphatic heterocycles. The highest BCUT2D eigenvalue weighted by Crippen LogP contribution is 2.39. The lowest BCUT2D eigenvalue weighted by molar-refractivity contribution is -0.276. The maximum atomic E-state index is 11.7. The van der Waals surface area contributed by atoms with Crippen molar-refractivity contribution in [3.8, 4) is 0 Å². The third kappa shape index (κ3) is 4.65. The largest absolute Gasteiger partial charge is 0.401 e. The summed E-state index contributed by atoms with van der Waals surface area (Å²) in [5.41, 5.74) is 0. The normalized spacial score (nSPS) is 14.9. The predicted molar refractivity (Wildman–Crippen MR) is 33.6 cm³/mol. The molecule has 0 aliphatic carbocycles. The summed E-state index contributed by atoms with van der Waals surface area (Å²) in [4.78, 5) is 0. The van der Waals surface area contributed by atoms with Crippen molar-refractivity contribution in [3.05, 3.63) is 0 Å². The van der Waals surface area contributed by atoms with Gasteiger partial charge in [0.1, 0.15) is 0 Å². The van der Waals surface area contributed by atoms with Gasteiger partial charge in [0.15, 0.2) is 5.92 Å². The van der Waals surface area contributed by atoms with Crippen LogP contribution in [0.2, 0.25) is 0 Å². The van der Waals surface area contributed by atoms with Gasteiger partial charge >= 0.3 is 12.4 Å². The van der Waals surface area contributed by atoms with Gasteiger partial charge in [-0.05, 0) is 0 Å². The molecule has 0 aliphatic rings. The second kappa shape index (κ2) is 3.57. The quantitative estimate of drug-likeness (QED) is 0.738. The summed E-state index contributed by atoms with van der Waals surface area (Å²) in [6.45, 7) is 0. The molecule has 0 amide bonds. The summed E-state index contributed by atoms with van der Waals surface area (Å²) in [5, 5.41) is 4.10. The second-order valence-corrected chi connectivity index (χ2v) is 4.12. The Morgan fingerprint density at radius 3 is 1.36 bits per heavy atom. The van der Waals surface area contributed by atoms with E-state index in [1.54, 1.807) is 0 Å². The number of rotatable bonds is 2. The Morgan fingerprint density at radius 2 is 1.29 bits per heavy atom. The van der Waals surface area contributed by atoms with Crippen molar-refractivity contribution >= 4 is 10.0 Å². The highest BCUT2D eigenvalue weighted by molar-refractivity contribution is 7.89. The Morgan fingerprint density at radius 1 is 1.00 bits per heavy atom. The van der Waals surface area contributed by atoms with Crippen LogP contribution in [0.15, 0.2) is 0 Å². The first-order valence-electron chi connectivity index (χ1n) is 2.98. The lowest BCUT2D eigenvalue weighted by Gasteiger charge is -2.21. The Kier molecular flexibility index (Phi) is 3.44. The maximum Gasteiger partial charge on any atom is 0.401 e. The topological polar surface area (TPSA) is 60.2 Å². The average molecular weight is 245 g/mol. The minimum absolute atomic E-state index is 2.19. The van der Waals surface area contributed by atoms with Crippen molar-refractivity contribution in [2.24, 2.45) is 11.1 Å². The van der Waals surface area contributed by atoms with E-state index in [1.807, 2.05) is 0 Å². The minimum atomic E-state index is -5.68. The van der Waals surface area contributed by atoms with E-state index >= 15 is 0 Å². The van der Waals surface area contributed by atoms with Crippen molar-refractivity contribution in [3.63, 3.8) is 0 Å². The molecule has 0 fully saturated rings. The van der Waals surface area contributed by atoms with E-state index in [2.05, 4.69) is 5.14 Å². The number of hydrogen-bond donors (Lipinski definition) is 1. The average Bonchev–Trinajstić information content (AvgIpc) is 1.75. The molecule has 0 aromatic heterocycles. The van der Waals surface area contributed by atoms with Gasteiger partial charge in [-0.3, -0.25) is 0 Å². The zero-order chi connectivity index (χ0) is 11.8. The summed E-state index contributed by atoms with van der Waals surface area (Å²) in [6.07, 6.45) is -11.4. The molecule has 0 bridgehead atoms. The van der Waals surface area contributed by atoms with Crippen LogP contribution in [0.1, 0.15) is 0 Å². The van der Waals surface area contributed by atoms with Crippen LogP contribution in [0.5, 0.6) is 0 Å². The number of sulfonamides is 1. The van der Waals surface area contributed by atoms with Crippen LogP contribution < -0.4 is 5.14 Å². The Hall–Kier alpha value is -0.510. The first-order valence-corrected chi connectivity index (χ1v) is 4.69. The fourth-order valence-electron chi connectivity index (χ4n) is 0.607. The Labute approximate surface area is 74.9 Å². The van der Waals surface area contributed by atoms with E-state index < -0.39 is 34.0 Å². The maximum absolute atomic E-state index is 11.7. The number of hydrogen-bond acceptors (Lipinski definition) is 2. The lowest BCUT2D eigenvalue weighted by atomic mass is 10.1. The molecule has 0 saturated carbocycles. The molecule has 3 nitrogen and oxygen atoms in total. The standard InChI is InChI=1S/C4H5F6NO2S/c5-3(6,7)2(4(8,9)10)1-14(11,12)13/h2H,1H2,(H2,11,12,13). The van der Waals surface area contributed by atoms with E-state index in [9.17, 15) is 34.8 Å². The highest BCUT2D eigenvalue weighted by Gasteiger charge is 2.57. The number of nitrogens with two attached hydrogens (primary N) is 1. The molecule has 0 radical (unpaired) electrons. The van der Waals surface area contributed by atoms with Crippen LogP contribution in [0.4, 0.5) is 26.3 Å². The second-order valence-electron chi connectivity index (χ2n) is 2.47. The molecule has 0 unspecified atom stereocenters. The molecule has 0 spiro atoms. The molecule has 0 aromatic rings. The monoisotopic (exact) mass is 245 g/mol. The number of alkyl halides is 6. The Balaban J connectivity index is 4.97. The highest BCUT2D eigenvalue weighted by atomic mass is 32.2. The molecule has 0 aromatic carbocycles. The Bertz CT molecular complexity index is 276. The number of halogens is 6. The fourth-order valence-corrected chi connectivity index (χ4v) is 1.45. The zero-order valence-electron chi connectivity index (χ0n) is 6.35. The zero-order valence-corrected chi connectivity index (χ0v) is 7.17. The lowest BCUT2D eigenvalue weighted by Crippen LogP contribution is -2.42. The van der Waals surface area contributed by atoms with Crippen LogP contribution in [0.3, 0.4) is 0 Å². The van der Waals surface area contributed by atoms with Crippen molar-refractivity contribution in [1.82, 2.24) is 0 Å². The molecule has 0 saturated heterocycles. The van der Waals surface area contributed by atoms with E-state index in [0.29, 0.717) is 0 Å². The SMILES string of the molecule is NS(=O)(=O)CC(C(F)(F)F)C(F)(F)F. The van der Waals surface area contributed by atoms with E-state index in [0.717, 1.165) is 0 Å². The van der Waals surface area contributed by atoms with E-state index in [1.165, 1.54) is 0 Å². The molecule has 86 valence electrons. The van der Waals surface area contributed by atoms with E-state index in [4.69, 9.17) is 0 Å². The summed E-state index contributed by atoms with van der Waals surface area (Å²) >= 11 is 0. The molecular weight excluding hydrogens is 240 g/mol. The van der Waals surface area contributed by atoms with Crippen LogP contribution >= 0.6 is 0 Å². The van der Waals surface area contributed by atoms with Crippen molar-refractivity contribution in [2.45, 2.75) is 12.4 Å². The molecular formula is C4H5F6NO2S. The molecule has 2 N–H and O–H groups in total. The van der Waals surface area contributed by atoms with Gasteiger partial charge in [-0.15, -0.1) is 0 Å². The molecule has 0 rings (SSSR count). The van der Waals surface area contributed by atoms with Gasteiger partial charge in [-0.2, -0.15) is 26.3 Å². The first kappa shape index (κ1) is 13.5. The number of primary sulfonamides is 1. The van der Waals surface area contributed by atoms with E-state index in [-0.39, 0.29) is 0 Å². The predicted octanol–water partition coefficient (Wildman–Crippen LogP) is 1.02. The van der Waals surface area contributed by atoms with Gasteiger partial charge in [0.25, 0.3) is 0 Å².